The Morgan fingerprint density at radius 3 is 3.08 bits per heavy atom. The zero-order valence-corrected chi connectivity index (χ0v) is 7.29. The standard InChI is InChI=1S/C8H15NO3/c1-2-7(9)8(10)12-6-3-4-11-5-6/h6-7H,2-5,9H2,1H3/t6?,7-/m0/s1. The average Bonchev–Trinajstić information content (AvgIpc) is 2.55. The molecular weight excluding hydrogens is 158 g/mol. The molecule has 0 bridgehead atoms. The van der Waals surface area contributed by atoms with Gasteiger partial charge < -0.3 is 15.2 Å². The van der Waals surface area contributed by atoms with E-state index < -0.39 is 6.04 Å². The Hall–Kier alpha value is -0.610. The first kappa shape index (κ1) is 9.48. The molecule has 70 valence electrons. The van der Waals surface area contributed by atoms with Gasteiger partial charge in [0.1, 0.15) is 12.1 Å². The van der Waals surface area contributed by atoms with Gasteiger partial charge in [0.15, 0.2) is 0 Å². The van der Waals surface area contributed by atoms with Gasteiger partial charge in [-0.3, -0.25) is 4.79 Å². The highest BCUT2D eigenvalue weighted by molar-refractivity contribution is 5.75. The zero-order valence-electron chi connectivity index (χ0n) is 7.29. The zero-order chi connectivity index (χ0) is 8.97. The van der Waals surface area contributed by atoms with E-state index in [1.807, 2.05) is 6.92 Å². The number of carbonyl (C=O) groups excluding carboxylic acids is 1. The van der Waals surface area contributed by atoms with Crippen LogP contribution in [-0.2, 0) is 14.3 Å². The second kappa shape index (κ2) is 4.42. The summed E-state index contributed by atoms with van der Waals surface area (Å²) in [5.41, 5.74) is 5.48. The van der Waals surface area contributed by atoms with Gasteiger partial charge in [-0.05, 0) is 6.42 Å². The van der Waals surface area contributed by atoms with Crippen molar-refractivity contribution in [2.45, 2.75) is 31.9 Å². The lowest BCUT2D eigenvalue weighted by Gasteiger charge is -2.13. The third-order valence-corrected chi connectivity index (χ3v) is 1.91. The number of hydrogen-bond donors (Lipinski definition) is 1. The largest absolute Gasteiger partial charge is 0.459 e. The molecule has 0 aromatic carbocycles. The fraction of sp³-hybridized carbons (Fsp3) is 0.875. The van der Waals surface area contributed by atoms with Gasteiger partial charge in [-0.15, -0.1) is 0 Å². The Morgan fingerprint density at radius 2 is 2.58 bits per heavy atom. The first-order chi connectivity index (χ1) is 5.74. The van der Waals surface area contributed by atoms with Crippen LogP contribution in [0.25, 0.3) is 0 Å². The molecule has 0 aliphatic carbocycles. The molecule has 0 radical (unpaired) electrons. The third kappa shape index (κ3) is 2.46. The van der Waals surface area contributed by atoms with Gasteiger partial charge in [-0.25, -0.2) is 0 Å². The number of rotatable bonds is 3. The van der Waals surface area contributed by atoms with Crippen molar-refractivity contribution in [2.24, 2.45) is 5.73 Å². The molecule has 0 spiro atoms. The fourth-order valence-corrected chi connectivity index (χ4v) is 1.02. The van der Waals surface area contributed by atoms with Crippen molar-refractivity contribution in [3.05, 3.63) is 0 Å². The fourth-order valence-electron chi connectivity index (χ4n) is 1.02. The third-order valence-electron chi connectivity index (χ3n) is 1.91. The molecule has 2 N–H and O–H groups in total. The summed E-state index contributed by atoms with van der Waals surface area (Å²) >= 11 is 0. The minimum Gasteiger partial charge on any atom is -0.459 e. The van der Waals surface area contributed by atoms with E-state index in [4.69, 9.17) is 15.2 Å². The number of esters is 1. The lowest BCUT2D eigenvalue weighted by atomic mass is 10.2. The predicted octanol–water partition coefficient (Wildman–Crippen LogP) is 0.0558. The Balaban J connectivity index is 2.25. The van der Waals surface area contributed by atoms with E-state index in [0.717, 1.165) is 6.42 Å². The van der Waals surface area contributed by atoms with E-state index in [2.05, 4.69) is 0 Å². The van der Waals surface area contributed by atoms with Crippen LogP contribution in [-0.4, -0.2) is 31.3 Å². The highest BCUT2D eigenvalue weighted by atomic mass is 16.6. The summed E-state index contributed by atoms with van der Waals surface area (Å²) in [6.07, 6.45) is 1.34. The van der Waals surface area contributed by atoms with Gasteiger partial charge >= 0.3 is 5.97 Å². The summed E-state index contributed by atoms with van der Waals surface area (Å²) in [5.74, 6) is -0.312. The Bertz CT molecular complexity index is 154. The molecule has 0 aromatic rings. The van der Waals surface area contributed by atoms with Gasteiger partial charge in [-0.2, -0.15) is 0 Å². The van der Waals surface area contributed by atoms with Crippen LogP contribution in [0, 0.1) is 0 Å². The van der Waals surface area contributed by atoms with Crippen LogP contribution in [0.2, 0.25) is 0 Å². The molecule has 0 amide bonds. The number of ether oxygens (including phenoxy) is 2. The summed E-state index contributed by atoms with van der Waals surface area (Å²) in [6, 6.07) is -0.481. The summed E-state index contributed by atoms with van der Waals surface area (Å²) in [4.78, 5) is 11.1. The van der Waals surface area contributed by atoms with Crippen molar-refractivity contribution in [1.29, 1.82) is 0 Å². The lowest BCUT2D eigenvalue weighted by Crippen LogP contribution is -2.34. The molecule has 2 atom stereocenters. The summed E-state index contributed by atoms with van der Waals surface area (Å²) in [5, 5.41) is 0. The van der Waals surface area contributed by atoms with Crippen molar-refractivity contribution < 1.29 is 14.3 Å². The van der Waals surface area contributed by atoms with Crippen molar-refractivity contribution in [1.82, 2.24) is 0 Å². The second-order valence-corrected chi connectivity index (χ2v) is 2.94. The predicted molar refractivity (Wildman–Crippen MR) is 43.6 cm³/mol. The van der Waals surface area contributed by atoms with Crippen molar-refractivity contribution in [3.8, 4) is 0 Å². The lowest BCUT2D eigenvalue weighted by molar-refractivity contribution is -0.150. The minimum absolute atomic E-state index is 0.0740. The highest BCUT2D eigenvalue weighted by Gasteiger charge is 2.22. The van der Waals surface area contributed by atoms with Gasteiger partial charge in [0, 0.05) is 6.42 Å². The van der Waals surface area contributed by atoms with E-state index in [1.165, 1.54) is 0 Å². The molecule has 0 aromatic heterocycles. The van der Waals surface area contributed by atoms with E-state index in [0.29, 0.717) is 19.6 Å². The highest BCUT2D eigenvalue weighted by Crippen LogP contribution is 2.09. The molecular formula is C8H15NO3. The summed E-state index contributed by atoms with van der Waals surface area (Å²) in [7, 11) is 0. The maximum absolute atomic E-state index is 11.1. The van der Waals surface area contributed by atoms with E-state index in [9.17, 15) is 4.79 Å². The van der Waals surface area contributed by atoms with Gasteiger partial charge in [0.25, 0.3) is 0 Å². The molecule has 0 saturated carbocycles. The number of nitrogens with two attached hydrogens (primary N) is 1. The molecule has 1 heterocycles. The second-order valence-electron chi connectivity index (χ2n) is 2.94. The molecule has 1 saturated heterocycles. The molecule has 4 nitrogen and oxygen atoms in total. The maximum Gasteiger partial charge on any atom is 0.323 e. The molecule has 1 fully saturated rings. The molecule has 4 heteroatoms. The maximum atomic E-state index is 11.1. The Morgan fingerprint density at radius 1 is 1.83 bits per heavy atom. The summed E-state index contributed by atoms with van der Waals surface area (Å²) in [6.45, 7) is 3.05. The van der Waals surface area contributed by atoms with Crippen LogP contribution in [0.5, 0.6) is 0 Å². The summed E-state index contributed by atoms with van der Waals surface area (Å²) < 4.78 is 10.1. The Kier molecular flexibility index (Phi) is 3.49. The van der Waals surface area contributed by atoms with E-state index in [-0.39, 0.29) is 12.1 Å². The van der Waals surface area contributed by atoms with Crippen molar-refractivity contribution in [3.63, 3.8) is 0 Å². The van der Waals surface area contributed by atoms with Crippen LogP contribution in [0.15, 0.2) is 0 Å². The topological polar surface area (TPSA) is 61.6 Å². The average molecular weight is 173 g/mol. The monoisotopic (exact) mass is 173 g/mol. The minimum atomic E-state index is -0.481. The van der Waals surface area contributed by atoms with Crippen LogP contribution < -0.4 is 5.73 Å². The van der Waals surface area contributed by atoms with Crippen LogP contribution in [0.3, 0.4) is 0 Å². The van der Waals surface area contributed by atoms with Crippen molar-refractivity contribution >= 4 is 5.97 Å². The van der Waals surface area contributed by atoms with Crippen LogP contribution in [0.4, 0.5) is 0 Å². The normalized spacial score (nSPS) is 25.3. The van der Waals surface area contributed by atoms with Gasteiger partial charge in [0.2, 0.25) is 0 Å². The molecule has 1 rings (SSSR count). The van der Waals surface area contributed by atoms with Gasteiger partial charge in [0.05, 0.1) is 13.2 Å². The van der Waals surface area contributed by atoms with Crippen LogP contribution in [0.1, 0.15) is 19.8 Å². The van der Waals surface area contributed by atoms with Crippen molar-refractivity contribution in [2.75, 3.05) is 13.2 Å². The number of hydrogen-bond acceptors (Lipinski definition) is 4. The quantitative estimate of drug-likeness (QED) is 0.613. The van der Waals surface area contributed by atoms with E-state index >= 15 is 0 Å². The number of carbonyl (C=O) groups is 1. The molecule has 1 aliphatic heterocycles. The molecule has 12 heavy (non-hydrogen) atoms. The SMILES string of the molecule is CC[C@H](N)C(=O)OC1CCOC1. The Labute approximate surface area is 72.0 Å². The smallest absolute Gasteiger partial charge is 0.323 e. The van der Waals surface area contributed by atoms with E-state index in [1.54, 1.807) is 0 Å². The first-order valence-electron chi connectivity index (χ1n) is 4.28. The van der Waals surface area contributed by atoms with Gasteiger partial charge in [-0.1, -0.05) is 6.92 Å². The molecule has 1 aliphatic rings. The first-order valence-corrected chi connectivity index (χ1v) is 4.28. The molecule has 1 unspecified atom stereocenters. The van der Waals surface area contributed by atoms with Crippen LogP contribution >= 0.6 is 0 Å².